The van der Waals surface area contributed by atoms with Gasteiger partial charge in [-0.25, -0.2) is 4.98 Å². The Hall–Kier alpha value is -1.85. The standard InChI is InChI=1S/C18H24ClN3O2/c1-13(2)24-10-4-9-20-17(23)11-16-12-22(3)18(21-16)14-5-7-15(19)8-6-14/h5-8,12-13H,4,9-11H2,1-3H3,(H,20,23). The van der Waals surface area contributed by atoms with E-state index in [1.54, 1.807) is 0 Å². The molecule has 5 nitrogen and oxygen atoms in total. The Kier molecular flexibility index (Phi) is 6.82. The quantitative estimate of drug-likeness (QED) is 0.744. The van der Waals surface area contributed by atoms with Crippen LogP contribution in [-0.4, -0.2) is 34.7 Å². The zero-order valence-electron chi connectivity index (χ0n) is 14.4. The van der Waals surface area contributed by atoms with Gasteiger partial charge in [0.1, 0.15) is 5.82 Å². The van der Waals surface area contributed by atoms with Crippen molar-refractivity contribution in [2.45, 2.75) is 32.8 Å². The zero-order valence-corrected chi connectivity index (χ0v) is 15.1. The first-order valence-corrected chi connectivity index (χ1v) is 8.50. The van der Waals surface area contributed by atoms with E-state index in [1.165, 1.54) is 0 Å². The van der Waals surface area contributed by atoms with Gasteiger partial charge in [0.2, 0.25) is 5.91 Å². The van der Waals surface area contributed by atoms with Crippen molar-refractivity contribution in [3.63, 3.8) is 0 Å². The Morgan fingerprint density at radius 3 is 2.71 bits per heavy atom. The van der Waals surface area contributed by atoms with E-state index in [2.05, 4.69) is 10.3 Å². The lowest BCUT2D eigenvalue weighted by molar-refractivity contribution is -0.120. The lowest BCUT2D eigenvalue weighted by Crippen LogP contribution is -2.27. The molecule has 1 aromatic carbocycles. The van der Waals surface area contributed by atoms with Crippen LogP contribution in [0.2, 0.25) is 5.02 Å². The molecule has 0 aliphatic heterocycles. The minimum Gasteiger partial charge on any atom is -0.379 e. The summed E-state index contributed by atoms with van der Waals surface area (Å²) in [6.07, 6.45) is 3.18. The van der Waals surface area contributed by atoms with Crippen LogP contribution in [0, 0.1) is 0 Å². The number of halogens is 1. The Labute approximate surface area is 148 Å². The van der Waals surface area contributed by atoms with Gasteiger partial charge >= 0.3 is 0 Å². The normalized spacial score (nSPS) is 11.0. The topological polar surface area (TPSA) is 56.1 Å². The van der Waals surface area contributed by atoms with Crippen LogP contribution in [-0.2, 0) is 23.0 Å². The van der Waals surface area contributed by atoms with E-state index in [0.29, 0.717) is 18.2 Å². The van der Waals surface area contributed by atoms with E-state index >= 15 is 0 Å². The summed E-state index contributed by atoms with van der Waals surface area (Å²) in [5.41, 5.74) is 1.72. The van der Waals surface area contributed by atoms with Crippen molar-refractivity contribution in [3.05, 3.63) is 41.2 Å². The summed E-state index contributed by atoms with van der Waals surface area (Å²) in [6, 6.07) is 7.50. The van der Waals surface area contributed by atoms with Crippen molar-refractivity contribution in [2.24, 2.45) is 7.05 Å². The molecule has 1 heterocycles. The molecular formula is C18H24ClN3O2. The van der Waals surface area contributed by atoms with Crippen molar-refractivity contribution in [1.29, 1.82) is 0 Å². The third kappa shape index (κ3) is 5.65. The van der Waals surface area contributed by atoms with Crippen molar-refractivity contribution in [2.75, 3.05) is 13.2 Å². The Morgan fingerprint density at radius 2 is 2.04 bits per heavy atom. The van der Waals surface area contributed by atoms with Crippen molar-refractivity contribution in [1.82, 2.24) is 14.9 Å². The Morgan fingerprint density at radius 1 is 1.33 bits per heavy atom. The van der Waals surface area contributed by atoms with Crippen LogP contribution in [0.5, 0.6) is 0 Å². The number of imidazole rings is 1. The summed E-state index contributed by atoms with van der Waals surface area (Å²) in [7, 11) is 1.92. The van der Waals surface area contributed by atoms with Gasteiger partial charge in [0.05, 0.1) is 18.2 Å². The lowest BCUT2D eigenvalue weighted by atomic mass is 10.2. The molecule has 0 radical (unpaired) electrons. The maximum Gasteiger partial charge on any atom is 0.226 e. The average molecular weight is 350 g/mol. The number of amides is 1. The third-order valence-corrected chi connectivity index (χ3v) is 3.72. The highest BCUT2D eigenvalue weighted by molar-refractivity contribution is 6.30. The van der Waals surface area contributed by atoms with Gasteiger partial charge in [-0.3, -0.25) is 4.79 Å². The number of nitrogens with one attached hydrogen (secondary N) is 1. The maximum atomic E-state index is 12.0. The number of ether oxygens (including phenoxy) is 1. The van der Waals surface area contributed by atoms with Gasteiger partial charge in [0.15, 0.2) is 0 Å². The Bertz CT molecular complexity index is 665. The lowest BCUT2D eigenvalue weighted by Gasteiger charge is -2.07. The molecule has 0 spiro atoms. The monoisotopic (exact) mass is 349 g/mol. The van der Waals surface area contributed by atoms with Gasteiger partial charge < -0.3 is 14.6 Å². The molecule has 0 aliphatic carbocycles. The van der Waals surface area contributed by atoms with E-state index in [4.69, 9.17) is 16.3 Å². The minimum absolute atomic E-state index is 0.0275. The van der Waals surface area contributed by atoms with Crippen LogP contribution in [0.4, 0.5) is 0 Å². The largest absolute Gasteiger partial charge is 0.379 e. The van der Waals surface area contributed by atoms with Gasteiger partial charge in [-0.1, -0.05) is 11.6 Å². The number of carbonyl (C=O) groups excluding carboxylic acids is 1. The fraction of sp³-hybridized carbons (Fsp3) is 0.444. The molecule has 2 rings (SSSR count). The number of hydrogen-bond donors (Lipinski definition) is 1. The molecule has 0 aliphatic rings. The number of carbonyl (C=O) groups is 1. The SMILES string of the molecule is CC(C)OCCCNC(=O)Cc1cn(C)c(-c2ccc(Cl)cc2)n1. The number of rotatable bonds is 8. The molecule has 0 fully saturated rings. The van der Waals surface area contributed by atoms with Crippen molar-refractivity contribution in [3.8, 4) is 11.4 Å². The molecule has 1 aromatic heterocycles. The molecular weight excluding hydrogens is 326 g/mol. The fourth-order valence-corrected chi connectivity index (χ4v) is 2.45. The maximum absolute atomic E-state index is 12.0. The summed E-state index contributed by atoms with van der Waals surface area (Å²) in [6.45, 7) is 5.26. The van der Waals surface area contributed by atoms with Crippen LogP contribution in [0.25, 0.3) is 11.4 Å². The molecule has 1 N–H and O–H groups in total. The fourth-order valence-electron chi connectivity index (χ4n) is 2.33. The van der Waals surface area contributed by atoms with Crippen molar-refractivity contribution < 1.29 is 9.53 Å². The summed E-state index contributed by atoms with van der Waals surface area (Å²) >= 11 is 5.91. The number of aromatic nitrogens is 2. The summed E-state index contributed by atoms with van der Waals surface area (Å²) in [5.74, 6) is 0.792. The van der Waals surface area contributed by atoms with Crippen LogP contribution in [0.3, 0.4) is 0 Å². The second-order valence-electron chi connectivity index (χ2n) is 5.97. The number of nitrogens with zero attached hydrogens (tertiary/aromatic N) is 2. The first kappa shape index (κ1) is 18.5. The van der Waals surface area contributed by atoms with Gasteiger partial charge in [-0.15, -0.1) is 0 Å². The summed E-state index contributed by atoms with van der Waals surface area (Å²) in [5, 5.41) is 3.58. The van der Waals surface area contributed by atoms with Crippen LogP contribution in [0.15, 0.2) is 30.5 Å². The van der Waals surface area contributed by atoms with E-state index in [9.17, 15) is 4.79 Å². The smallest absolute Gasteiger partial charge is 0.226 e. The summed E-state index contributed by atoms with van der Waals surface area (Å²) in [4.78, 5) is 16.5. The molecule has 6 heteroatoms. The third-order valence-electron chi connectivity index (χ3n) is 3.46. The number of benzene rings is 1. The van der Waals surface area contributed by atoms with Crippen molar-refractivity contribution >= 4 is 17.5 Å². The van der Waals surface area contributed by atoms with E-state index in [0.717, 1.165) is 23.5 Å². The first-order chi connectivity index (χ1) is 11.5. The van der Waals surface area contributed by atoms with Crippen LogP contribution >= 0.6 is 11.6 Å². The highest BCUT2D eigenvalue weighted by Crippen LogP contribution is 2.20. The zero-order chi connectivity index (χ0) is 17.5. The minimum atomic E-state index is -0.0275. The Balaban J connectivity index is 1.86. The molecule has 0 unspecified atom stereocenters. The number of hydrogen-bond acceptors (Lipinski definition) is 3. The van der Waals surface area contributed by atoms with Crippen LogP contribution < -0.4 is 5.32 Å². The van der Waals surface area contributed by atoms with E-state index in [1.807, 2.05) is 55.9 Å². The number of aryl methyl sites for hydroxylation is 1. The molecule has 0 saturated carbocycles. The highest BCUT2D eigenvalue weighted by atomic mass is 35.5. The molecule has 130 valence electrons. The molecule has 0 atom stereocenters. The van der Waals surface area contributed by atoms with Gasteiger partial charge in [0, 0.05) is 37.0 Å². The van der Waals surface area contributed by atoms with Crippen LogP contribution in [0.1, 0.15) is 26.0 Å². The summed E-state index contributed by atoms with van der Waals surface area (Å²) < 4.78 is 7.36. The molecule has 2 aromatic rings. The molecule has 0 bridgehead atoms. The van der Waals surface area contributed by atoms with E-state index in [-0.39, 0.29) is 18.4 Å². The average Bonchev–Trinajstić information content (AvgIpc) is 2.88. The second kappa shape index (κ2) is 8.85. The second-order valence-corrected chi connectivity index (χ2v) is 6.41. The highest BCUT2D eigenvalue weighted by Gasteiger charge is 2.11. The molecule has 24 heavy (non-hydrogen) atoms. The van der Waals surface area contributed by atoms with Gasteiger partial charge in [-0.2, -0.15) is 0 Å². The molecule has 0 saturated heterocycles. The van der Waals surface area contributed by atoms with Gasteiger partial charge in [-0.05, 0) is 44.5 Å². The van der Waals surface area contributed by atoms with E-state index < -0.39 is 0 Å². The molecule has 1 amide bonds. The first-order valence-electron chi connectivity index (χ1n) is 8.12. The predicted octanol–water partition coefficient (Wildman–Crippen LogP) is 3.21. The van der Waals surface area contributed by atoms with Gasteiger partial charge in [0.25, 0.3) is 0 Å². The predicted molar refractivity (Wildman–Crippen MR) is 96.1 cm³/mol.